The van der Waals surface area contributed by atoms with Crippen molar-refractivity contribution >= 4 is 21.7 Å². The van der Waals surface area contributed by atoms with E-state index in [1.807, 2.05) is 42.1 Å². The average Bonchev–Trinajstić information content (AvgIpc) is 2.61. The summed E-state index contributed by atoms with van der Waals surface area (Å²) in [5, 5.41) is 7.36. The van der Waals surface area contributed by atoms with Crippen LogP contribution in [0.5, 0.6) is 0 Å². The summed E-state index contributed by atoms with van der Waals surface area (Å²) < 4.78 is 2.81. The van der Waals surface area contributed by atoms with Crippen LogP contribution >= 0.6 is 15.9 Å². The van der Waals surface area contributed by atoms with Gasteiger partial charge in [-0.05, 0) is 28.1 Å². The van der Waals surface area contributed by atoms with Crippen molar-refractivity contribution in [2.45, 2.75) is 0 Å². The van der Waals surface area contributed by atoms with E-state index >= 15 is 0 Å². The second-order valence-electron chi connectivity index (χ2n) is 2.84. The molecular formula is C10H10BrN3. The molecule has 0 fully saturated rings. The van der Waals surface area contributed by atoms with Crippen molar-refractivity contribution in [2.24, 2.45) is 0 Å². The first-order valence-corrected chi connectivity index (χ1v) is 5.09. The zero-order chi connectivity index (χ0) is 9.97. The molecule has 4 heteroatoms. The first-order valence-electron chi connectivity index (χ1n) is 4.29. The highest BCUT2D eigenvalue weighted by atomic mass is 79.9. The standard InChI is InChI=1S/C10H10BrN3/c1-12-10-9(11)7-13-14(10)8-5-3-2-4-6-8/h2-7,12H,1H3. The Morgan fingerprint density at radius 3 is 2.64 bits per heavy atom. The third kappa shape index (κ3) is 1.53. The summed E-state index contributed by atoms with van der Waals surface area (Å²) >= 11 is 3.43. The molecule has 0 aliphatic rings. The number of halogens is 1. The molecule has 0 radical (unpaired) electrons. The lowest BCUT2D eigenvalue weighted by Gasteiger charge is -2.06. The van der Waals surface area contributed by atoms with Crippen molar-refractivity contribution in [1.82, 2.24) is 9.78 Å². The number of hydrogen-bond donors (Lipinski definition) is 1. The van der Waals surface area contributed by atoms with Gasteiger partial charge >= 0.3 is 0 Å². The number of aromatic nitrogens is 2. The lowest BCUT2D eigenvalue weighted by Crippen LogP contribution is -2.01. The van der Waals surface area contributed by atoms with Crippen LogP contribution in [0.2, 0.25) is 0 Å². The van der Waals surface area contributed by atoms with Gasteiger partial charge in [0.15, 0.2) is 0 Å². The molecule has 14 heavy (non-hydrogen) atoms. The summed E-state index contributed by atoms with van der Waals surface area (Å²) in [6.45, 7) is 0. The molecule has 0 amide bonds. The van der Waals surface area contributed by atoms with Gasteiger partial charge in [-0.25, -0.2) is 4.68 Å². The highest BCUT2D eigenvalue weighted by Gasteiger charge is 2.07. The molecule has 2 rings (SSSR count). The van der Waals surface area contributed by atoms with Gasteiger partial charge < -0.3 is 5.32 Å². The van der Waals surface area contributed by atoms with E-state index in [0.717, 1.165) is 16.0 Å². The van der Waals surface area contributed by atoms with E-state index in [4.69, 9.17) is 0 Å². The van der Waals surface area contributed by atoms with Gasteiger partial charge in [0, 0.05) is 7.05 Å². The van der Waals surface area contributed by atoms with E-state index in [2.05, 4.69) is 26.3 Å². The minimum Gasteiger partial charge on any atom is -0.372 e. The molecule has 0 spiro atoms. The molecule has 3 nitrogen and oxygen atoms in total. The minimum absolute atomic E-state index is 0.955. The van der Waals surface area contributed by atoms with E-state index in [0.29, 0.717) is 0 Å². The summed E-state index contributed by atoms with van der Waals surface area (Å²) in [5.41, 5.74) is 1.04. The Balaban J connectivity index is 2.52. The number of nitrogens with one attached hydrogen (secondary N) is 1. The maximum Gasteiger partial charge on any atom is 0.143 e. The van der Waals surface area contributed by atoms with Crippen molar-refractivity contribution in [3.63, 3.8) is 0 Å². The molecular weight excluding hydrogens is 242 g/mol. The molecule has 72 valence electrons. The molecule has 1 aromatic heterocycles. The number of nitrogens with zero attached hydrogens (tertiary/aromatic N) is 2. The molecule has 0 aliphatic carbocycles. The summed E-state index contributed by atoms with van der Waals surface area (Å²) in [7, 11) is 1.88. The van der Waals surface area contributed by atoms with Crippen LogP contribution in [0.4, 0.5) is 5.82 Å². The van der Waals surface area contributed by atoms with Gasteiger partial charge in [-0.1, -0.05) is 18.2 Å². The first kappa shape index (κ1) is 9.27. The predicted octanol–water partition coefficient (Wildman–Crippen LogP) is 2.68. The largest absolute Gasteiger partial charge is 0.372 e. The minimum atomic E-state index is 0.955. The molecule has 0 bridgehead atoms. The molecule has 1 N–H and O–H groups in total. The van der Waals surface area contributed by atoms with Crippen LogP contribution in [-0.2, 0) is 0 Å². The van der Waals surface area contributed by atoms with Crippen LogP contribution in [0.15, 0.2) is 41.0 Å². The van der Waals surface area contributed by atoms with Crippen LogP contribution in [-0.4, -0.2) is 16.8 Å². The number of rotatable bonds is 2. The van der Waals surface area contributed by atoms with Gasteiger partial charge in [0.1, 0.15) is 5.82 Å². The van der Waals surface area contributed by atoms with Crippen LogP contribution in [0, 0.1) is 0 Å². The van der Waals surface area contributed by atoms with Crippen LogP contribution in [0.25, 0.3) is 5.69 Å². The number of hydrogen-bond acceptors (Lipinski definition) is 2. The number of benzene rings is 1. The molecule has 0 atom stereocenters. The maximum atomic E-state index is 4.26. The van der Waals surface area contributed by atoms with Crippen molar-refractivity contribution in [3.05, 3.63) is 41.0 Å². The van der Waals surface area contributed by atoms with Crippen LogP contribution in [0.3, 0.4) is 0 Å². The zero-order valence-corrected chi connectivity index (χ0v) is 9.32. The second-order valence-corrected chi connectivity index (χ2v) is 3.69. The molecule has 0 saturated heterocycles. The van der Waals surface area contributed by atoms with Gasteiger partial charge in [-0.3, -0.25) is 0 Å². The highest BCUT2D eigenvalue weighted by molar-refractivity contribution is 9.10. The van der Waals surface area contributed by atoms with E-state index < -0.39 is 0 Å². The van der Waals surface area contributed by atoms with Gasteiger partial charge in [0.05, 0.1) is 16.4 Å². The van der Waals surface area contributed by atoms with Crippen LogP contribution < -0.4 is 5.32 Å². The van der Waals surface area contributed by atoms with Crippen molar-refractivity contribution in [2.75, 3.05) is 12.4 Å². The Morgan fingerprint density at radius 2 is 2.00 bits per heavy atom. The molecule has 0 aliphatic heterocycles. The first-order chi connectivity index (χ1) is 6.83. The summed E-state index contributed by atoms with van der Waals surface area (Å²) in [6.07, 6.45) is 1.78. The number of para-hydroxylation sites is 1. The Hall–Kier alpha value is -1.29. The molecule has 2 aromatic rings. The summed E-state index contributed by atoms with van der Waals surface area (Å²) in [4.78, 5) is 0. The lowest BCUT2D eigenvalue weighted by atomic mass is 10.3. The van der Waals surface area contributed by atoms with Gasteiger partial charge in [0.25, 0.3) is 0 Å². The quantitative estimate of drug-likeness (QED) is 0.890. The van der Waals surface area contributed by atoms with Gasteiger partial charge in [0.2, 0.25) is 0 Å². The highest BCUT2D eigenvalue weighted by Crippen LogP contribution is 2.23. The molecule has 1 aromatic carbocycles. The smallest absolute Gasteiger partial charge is 0.143 e. The average molecular weight is 252 g/mol. The fourth-order valence-corrected chi connectivity index (χ4v) is 1.78. The normalized spacial score (nSPS) is 10.1. The summed E-state index contributed by atoms with van der Waals surface area (Å²) in [5.74, 6) is 0.955. The van der Waals surface area contributed by atoms with E-state index in [1.165, 1.54) is 0 Å². The Kier molecular flexibility index (Phi) is 2.54. The van der Waals surface area contributed by atoms with Crippen molar-refractivity contribution < 1.29 is 0 Å². The fraction of sp³-hybridized carbons (Fsp3) is 0.100. The fourth-order valence-electron chi connectivity index (χ4n) is 1.32. The number of anilines is 1. The third-order valence-electron chi connectivity index (χ3n) is 1.96. The zero-order valence-electron chi connectivity index (χ0n) is 7.74. The SMILES string of the molecule is CNc1c(Br)cnn1-c1ccccc1. The van der Waals surface area contributed by atoms with Crippen LogP contribution in [0.1, 0.15) is 0 Å². The van der Waals surface area contributed by atoms with Crippen molar-refractivity contribution in [3.8, 4) is 5.69 Å². The maximum absolute atomic E-state index is 4.26. The lowest BCUT2D eigenvalue weighted by molar-refractivity contribution is 0.885. The van der Waals surface area contributed by atoms with E-state index in [-0.39, 0.29) is 0 Å². The second kappa shape index (κ2) is 3.84. The topological polar surface area (TPSA) is 29.9 Å². The Labute approximate surface area is 90.9 Å². The molecule has 0 saturated carbocycles. The van der Waals surface area contributed by atoms with Crippen molar-refractivity contribution in [1.29, 1.82) is 0 Å². The van der Waals surface area contributed by atoms with E-state index in [1.54, 1.807) is 6.20 Å². The monoisotopic (exact) mass is 251 g/mol. The Morgan fingerprint density at radius 1 is 1.29 bits per heavy atom. The molecule has 1 heterocycles. The third-order valence-corrected chi connectivity index (χ3v) is 2.54. The van der Waals surface area contributed by atoms with Gasteiger partial charge in [-0.2, -0.15) is 5.10 Å². The predicted molar refractivity (Wildman–Crippen MR) is 60.8 cm³/mol. The Bertz CT molecular complexity index is 422. The van der Waals surface area contributed by atoms with E-state index in [9.17, 15) is 0 Å². The molecule has 0 unspecified atom stereocenters. The van der Waals surface area contributed by atoms with Gasteiger partial charge in [-0.15, -0.1) is 0 Å². The summed E-state index contributed by atoms with van der Waals surface area (Å²) in [6, 6.07) is 10.00.